The molecule has 108 valence electrons. The summed E-state index contributed by atoms with van der Waals surface area (Å²) >= 11 is 0. The van der Waals surface area contributed by atoms with E-state index in [1.165, 1.54) is 13.2 Å². The maximum atomic E-state index is 12.2. The Morgan fingerprint density at radius 1 is 1.25 bits per heavy atom. The van der Waals surface area contributed by atoms with Gasteiger partial charge in [0.25, 0.3) is 10.0 Å². The predicted octanol–water partition coefficient (Wildman–Crippen LogP) is 1.81. The van der Waals surface area contributed by atoms with E-state index in [4.69, 9.17) is 9.15 Å². The Kier molecular flexibility index (Phi) is 4.31. The third kappa shape index (κ3) is 3.31. The highest BCUT2D eigenvalue weighted by Gasteiger charge is 2.19. The lowest BCUT2D eigenvalue weighted by Crippen LogP contribution is -2.12. The zero-order chi connectivity index (χ0) is 14.6. The highest BCUT2D eigenvalue weighted by molar-refractivity contribution is 7.92. The molecule has 0 bridgehead atoms. The van der Waals surface area contributed by atoms with Crippen LogP contribution in [-0.4, -0.2) is 22.6 Å². The smallest absolute Gasteiger partial charge is 0.295 e. The van der Waals surface area contributed by atoms with Crippen LogP contribution in [0.4, 0.5) is 5.69 Å². The van der Waals surface area contributed by atoms with Gasteiger partial charge in [-0.1, -0.05) is 6.07 Å². The third-order valence-electron chi connectivity index (χ3n) is 2.57. The van der Waals surface area contributed by atoms with Gasteiger partial charge in [-0.15, -0.1) is 0 Å². The molecule has 7 heteroatoms. The van der Waals surface area contributed by atoms with Crippen molar-refractivity contribution in [3.8, 4) is 5.75 Å². The molecule has 0 aliphatic heterocycles. The zero-order valence-electron chi connectivity index (χ0n) is 11.2. The first-order chi connectivity index (χ1) is 9.55. The van der Waals surface area contributed by atoms with Gasteiger partial charge in [0.1, 0.15) is 11.5 Å². The molecule has 1 heterocycles. The molecule has 2 rings (SSSR count). The van der Waals surface area contributed by atoms with Crippen LogP contribution in [0, 0.1) is 0 Å². The van der Waals surface area contributed by atoms with Gasteiger partial charge in [0.2, 0.25) is 5.09 Å². The van der Waals surface area contributed by atoms with E-state index in [0.717, 1.165) is 0 Å². The lowest BCUT2D eigenvalue weighted by atomic mass is 10.3. The maximum absolute atomic E-state index is 12.2. The average molecular weight is 296 g/mol. The average Bonchev–Trinajstić information content (AvgIpc) is 2.88. The Morgan fingerprint density at radius 2 is 2.05 bits per heavy atom. The first-order valence-electron chi connectivity index (χ1n) is 5.95. The molecule has 0 fully saturated rings. The van der Waals surface area contributed by atoms with Crippen molar-refractivity contribution < 1.29 is 17.6 Å². The number of benzene rings is 1. The molecule has 0 spiro atoms. The van der Waals surface area contributed by atoms with Crippen LogP contribution in [-0.2, 0) is 16.6 Å². The van der Waals surface area contributed by atoms with Crippen LogP contribution in [0.25, 0.3) is 0 Å². The number of methoxy groups -OCH3 is 1. The first-order valence-corrected chi connectivity index (χ1v) is 7.43. The molecule has 2 aromatic rings. The topological polar surface area (TPSA) is 80.6 Å². The van der Waals surface area contributed by atoms with Gasteiger partial charge >= 0.3 is 0 Å². The predicted molar refractivity (Wildman–Crippen MR) is 75.3 cm³/mol. The quantitative estimate of drug-likeness (QED) is 0.849. The van der Waals surface area contributed by atoms with Crippen molar-refractivity contribution in [2.24, 2.45) is 0 Å². The number of rotatable bonds is 6. The fourth-order valence-electron chi connectivity index (χ4n) is 1.66. The SMILES string of the molecule is CNCc1ccc(S(=O)(=O)Nc2cccc(OC)c2)o1. The minimum Gasteiger partial charge on any atom is -0.497 e. The van der Waals surface area contributed by atoms with Gasteiger partial charge in [-0.25, -0.2) is 0 Å². The molecular formula is C13H16N2O4S. The fourth-order valence-corrected chi connectivity index (χ4v) is 2.67. The van der Waals surface area contributed by atoms with Crippen molar-refractivity contribution in [2.45, 2.75) is 11.6 Å². The van der Waals surface area contributed by atoms with Crippen LogP contribution in [0.5, 0.6) is 5.75 Å². The molecule has 6 nitrogen and oxygen atoms in total. The summed E-state index contributed by atoms with van der Waals surface area (Å²) in [5, 5.41) is 2.77. The second-order valence-corrected chi connectivity index (χ2v) is 5.70. The molecule has 0 saturated heterocycles. The van der Waals surface area contributed by atoms with Crippen molar-refractivity contribution >= 4 is 15.7 Å². The first kappa shape index (κ1) is 14.4. The highest BCUT2D eigenvalue weighted by atomic mass is 32.2. The lowest BCUT2D eigenvalue weighted by molar-refractivity contribution is 0.408. The summed E-state index contributed by atoms with van der Waals surface area (Å²) in [6.45, 7) is 0.467. The van der Waals surface area contributed by atoms with Gasteiger partial charge in [0.05, 0.1) is 19.3 Å². The maximum Gasteiger partial charge on any atom is 0.295 e. The van der Waals surface area contributed by atoms with E-state index in [1.54, 1.807) is 37.4 Å². The van der Waals surface area contributed by atoms with E-state index in [9.17, 15) is 8.42 Å². The van der Waals surface area contributed by atoms with Crippen molar-refractivity contribution in [3.63, 3.8) is 0 Å². The van der Waals surface area contributed by atoms with Crippen molar-refractivity contribution in [1.82, 2.24) is 5.32 Å². The molecule has 0 saturated carbocycles. The summed E-state index contributed by atoms with van der Waals surface area (Å²) < 4.78 is 37.1. The number of ether oxygens (including phenoxy) is 1. The Morgan fingerprint density at radius 3 is 2.75 bits per heavy atom. The van der Waals surface area contributed by atoms with Crippen LogP contribution in [0.1, 0.15) is 5.76 Å². The van der Waals surface area contributed by atoms with Crippen molar-refractivity contribution in [2.75, 3.05) is 18.9 Å². The van der Waals surface area contributed by atoms with E-state index >= 15 is 0 Å². The zero-order valence-corrected chi connectivity index (χ0v) is 12.0. The molecule has 0 radical (unpaired) electrons. The number of nitrogens with one attached hydrogen (secondary N) is 2. The highest BCUT2D eigenvalue weighted by Crippen LogP contribution is 2.21. The minimum atomic E-state index is -3.74. The summed E-state index contributed by atoms with van der Waals surface area (Å²) in [7, 11) is -0.463. The summed E-state index contributed by atoms with van der Waals surface area (Å²) in [4.78, 5) is 0. The Labute approximate surface area is 117 Å². The molecule has 0 aliphatic carbocycles. The van der Waals surface area contributed by atoms with E-state index < -0.39 is 10.0 Å². The van der Waals surface area contributed by atoms with E-state index in [-0.39, 0.29) is 5.09 Å². The third-order valence-corrected chi connectivity index (χ3v) is 3.83. The van der Waals surface area contributed by atoms with Crippen LogP contribution in [0.15, 0.2) is 45.9 Å². The molecule has 0 unspecified atom stereocenters. The van der Waals surface area contributed by atoms with Gasteiger partial charge in [0.15, 0.2) is 0 Å². The van der Waals surface area contributed by atoms with Gasteiger partial charge in [-0.05, 0) is 31.3 Å². The van der Waals surface area contributed by atoms with E-state index in [2.05, 4.69) is 10.0 Å². The van der Waals surface area contributed by atoms with Crippen LogP contribution in [0.3, 0.4) is 0 Å². The Bertz CT molecular complexity index is 679. The summed E-state index contributed by atoms with van der Waals surface area (Å²) in [6.07, 6.45) is 0. The fraction of sp³-hybridized carbons (Fsp3) is 0.231. The molecular weight excluding hydrogens is 280 g/mol. The number of anilines is 1. The van der Waals surface area contributed by atoms with Crippen LogP contribution < -0.4 is 14.8 Å². The lowest BCUT2D eigenvalue weighted by Gasteiger charge is -2.07. The molecule has 0 atom stereocenters. The molecule has 2 N–H and O–H groups in total. The minimum absolute atomic E-state index is 0.120. The number of sulfonamides is 1. The number of furan rings is 1. The normalized spacial score (nSPS) is 11.3. The van der Waals surface area contributed by atoms with E-state index in [0.29, 0.717) is 23.7 Å². The van der Waals surface area contributed by atoms with Crippen molar-refractivity contribution in [3.05, 3.63) is 42.2 Å². The molecule has 0 amide bonds. The largest absolute Gasteiger partial charge is 0.497 e. The van der Waals surface area contributed by atoms with Gasteiger partial charge in [0, 0.05) is 6.07 Å². The second-order valence-electron chi connectivity index (χ2n) is 4.09. The molecule has 1 aromatic carbocycles. The molecule has 20 heavy (non-hydrogen) atoms. The van der Waals surface area contributed by atoms with Crippen molar-refractivity contribution in [1.29, 1.82) is 0 Å². The summed E-state index contributed by atoms with van der Waals surface area (Å²) in [5.74, 6) is 1.12. The van der Waals surface area contributed by atoms with Gasteiger partial charge in [-0.3, -0.25) is 4.72 Å². The summed E-state index contributed by atoms with van der Waals surface area (Å²) in [6, 6.07) is 9.71. The number of hydrogen-bond acceptors (Lipinski definition) is 5. The van der Waals surface area contributed by atoms with E-state index in [1.807, 2.05) is 0 Å². The standard InChI is InChI=1S/C13H16N2O4S/c1-14-9-12-6-7-13(19-12)20(16,17)15-10-4-3-5-11(8-10)18-2/h3-8,14-15H,9H2,1-2H3. The Balaban J connectivity index is 2.21. The molecule has 0 aliphatic rings. The Hall–Kier alpha value is -1.99. The van der Waals surface area contributed by atoms with Gasteiger partial charge < -0.3 is 14.5 Å². The molecule has 1 aromatic heterocycles. The van der Waals surface area contributed by atoms with Crippen LogP contribution >= 0.6 is 0 Å². The van der Waals surface area contributed by atoms with Gasteiger partial charge in [-0.2, -0.15) is 8.42 Å². The second kappa shape index (κ2) is 5.98. The summed E-state index contributed by atoms with van der Waals surface area (Å²) in [5.41, 5.74) is 0.413. The number of hydrogen-bond donors (Lipinski definition) is 2. The monoisotopic (exact) mass is 296 g/mol. The van der Waals surface area contributed by atoms with Crippen LogP contribution in [0.2, 0.25) is 0 Å².